The Morgan fingerprint density at radius 1 is 1.03 bits per heavy atom. The number of nitrogens with zero attached hydrogens (tertiary/aromatic N) is 2. The predicted octanol–water partition coefficient (Wildman–Crippen LogP) is 4.56. The Hall–Kier alpha value is -4.43. The van der Waals surface area contributed by atoms with Crippen LogP contribution in [0.5, 0.6) is 0 Å². The van der Waals surface area contributed by atoms with Gasteiger partial charge in [-0.1, -0.05) is 66.2 Å². The lowest BCUT2D eigenvalue weighted by Gasteiger charge is -2.21. The minimum atomic E-state index is -1.23. The molecule has 1 unspecified atom stereocenters. The number of anilines is 1. The quantitative estimate of drug-likeness (QED) is 0.338. The number of imide groups is 1. The van der Waals surface area contributed by atoms with Crippen LogP contribution in [0.15, 0.2) is 85.1 Å². The Morgan fingerprint density at radius 3 is 2.47 bits per heavy atom. The van der Waals surface area contributed by atoms with Crippen molar-refractivity contribution in [3.8, 4) is 11.3 Å². The van der Waals surface area contributed by atoms with Crippen molar-refractivity contribution in [2.75, 3.05) is 5.32 Å². The lowest BCUT2D eigenvalue weighted by molar-refractivity contribution is -0.123. The van der Waals surface area contributed by atoms with Gasteiger partial charge in [0.15, 0.2) is 0 Å². The van der Waals surface area contributed by atoms with Crippen molar-refractivity contribution < 1.29 is 14.4 Å². The lowest BCUT2D eigenvalue weighted by atomic mass is 9.92. The zero-order chi connectivity index (χ0) is 25.3. The molecule has 8 nitrogen and oxygen atoms in total. The van der Waals surface area contributed by atoms with Gasteiger partial charge in [-0.2, -0.15) is 5.10 Å². The molecule has 1 aliphatic rings. The van der Waals surface area contributed by atoms with Gasteiger partial charge in [0, 0.05) is 22.5 Å². The minimum Gasteiger partial charge on any atom is -0.322 e. The fourth-order valence-electron chi connectivity index (χ4n) is 4.11. The van der Waals surface area contributed by atoms with Gasteiger partial charge < -0.3 is 10.6 Å². The number of aromatic nitrogens is 2. The highest BCUT2D eigenvalue weighted by molar-refractivity contribution is 6.30. The molecule has 4 amide bonds. The number of hydrogen-bond donors (Lipinski definition) is 3. The summed E-state index contributed by atoms with van der Waals surface area (Å²) in [7, 11) is 0. The first-order valence-electron chi connectivity index (χ1n) is 11.2. The summed E-state index contributed by atoms with van der Waals surface area (Å²) in [6, 6.07) is 23.2. The molecule has 4 aromatic rings. The molecule has 3 aromatic carbocycles. The Balaban J connectivity index is 1.46. The molecule has 36 heavy (non-hydrogen) atoms. The highest BCUT2D eigenvalue weighted by Gasteiger charge is 2.43. The third-order valence-electron chi connectivity index (χ3n) is 6.05. The molecule has 180 valence electrons. The second kappa shape index (κ2) is 9.31. The summed E-state index contributed by atoms with van der Waals surface area (Å²) in [5.74, 6) is -0.815. The molecule has 9 heteroatoms. The van der Waals surface area contributed by atoms with E-state index in [1.807, 2.05) is 42.5 Å². The zero-order valence-electron chi connectivity index (χ0n) is 19.3. The zero-order valence-corrected chi connectivity index (χ0v) is 20.0. The number of urea groups is 1. The average molecular weight is 500 g/mol. The van der Waals surface area contributed by atoms with E-state index >= 15 is 0 Å². The first kappa shape index (κ1) is 23.3. The summed E-state index contributed by atoms with van der Waals surface area (Å²) in [6.07, 6.45) is 1.71. The number of carbonyl (C=O) groups is 3. The number of halogens is 1. The van der Waals surface area contributed by atoms with Crippen LogP contribution in [0, 0.1) is 0 Å². The summed E-state index contributed by atoms with van der Waals surface area (Å²) in [6.45, 7) is 2.11. The molecule has 1 fully saturated rings. The van der Waals surface area contributed by atoms with Gasteiger partial charge in [0.1, 0.15) is 11.2 Å². The Labute approximate surface area is 212 Å². The predicted molar refractivity (Wildman–Crippen MR) is 137 cm³/mol. The lowest BCUT2D eigenvalue weighted by Crippen LogP contribution is -2.40. The highest BCUT2D eigenvalue weighted by atomic mass is 35.5. The number of rotatable bonds is 6. The summed E-state index contributed by atoms with van der Waals surface area (Å²) in [4.78, 5) is 37.5. The number of benzene rings is 3. The van der Waals surface area contributed by atoms with Crippen molar-refractivity contribution in [3.63, 3.8) is 0 Å². The van der Waals surface area contributed by atoms with Crippen molar-refractivity contribution in [1.82, 2.24) is 20.4 Å². The molecular weight excluding hydrogens is 478 g/mol. The fraction of sp³-hybridized carbons (Fsp3) is 0.111. The van der Waals surface area contributed by atoms with Crippen molar-refractivity contribution >= 4 is 35.1 Å². The van der Waals surface area contributed by atoms with E-state index in [2.05, 4.69) is 16.0 Å². The summed E-state index contributed by atoms with van der Waals surface area (Å²) in [5, 5.41) is 13.1. The van der Waals surface area contributed by atoms with E-state index < -0.39 is 17.5 Å². The second-order valence-electron chi connectivity index (χ2n) is 8.65. The third kappa shape index (κ3) is 4.58. The van der Waals surface area contributed by atoms with Gasteiger partial charge in [-0.05, 0) is 42.3 Å². The maximum atomic E-state index is 13.4. The van der Waals surface area contributed by atoms with Gasteiger partial charge in [0.2, 0.25) is 0 Å². The van der Waals surface area contributed by atoms with E-state index in [0.29, 0.717) is 34.1 Å². The van der Waals surface area contributed by atoms with Crippen LogP contribution < -0.4 is 16.0 Å². The molecule has 2 heterocycles. The van der Waals surface area contributed by atoms with Crippen molar-refractivity contribution in [1.29, 1.82) is 0 Å². The molecule has 0 radical (unpaired) electrons. The van der Waals surface area contributed by atoms with Crippen LogP contribution in [-0.2, 0) is 16.9 Å². The van der Waals surface area contributed by atoms with E-state index in [9.17, 15) is 14.4 Å². The molecular formula is C27H22ClN5O3. The fourth-order valence-corrected chi connectivity index (χ4v) is 4.24. The summed E-state index contributed by atoms with van der Waals surface area (Å²) in [5.41, 5.74) is 2.50. The largest absolute Gasteiger partial charge is 0.322 e. The third-order valence-corrected chi connectivity index (χ3v) is 6.31. The Bertz CT molecular complexity index is 1470. The van der Waals surface area contributed by atoms with Crippen LogP contribution in [0.1, 0.15) is 28.4 Å². The van der Waals surface area contributed by atoms with Crippen LogP contribution in [0.4, 0.5) is 10.5 Å². The maximum absolute atomic E-state index is 13.4. The first-order chi connectivity index (χ1) is 17.3. The van der Waals surface area contributed by atoms with E-state index in [1.54, 1.807) is 54.2 Å². The molecule has 1 aliphatic heterocycles. The number of hydrogen-bond acceptors (Lipinski definition) is 4. The number of carbonyl (C=O) groups excluding carboxylic acids is 3. The second-order valence-corrected chi connectivity index (χ2v) is 9.09. The average Bonchev–Trinajstić information content (AvgIpc) is 3.40. The van der Waals surface area contributed by atoms with Gasteiger partial charge in [-0.25, -0.2) is 4.79 Å². The molecule has 0 aliphatic carbocycles. The van der Waals surface area contributed by atoms with Crippen molar-refractivity contribution in [3.05, 3.63) is 107 Å². The molecule has 0 spiro atoms. The molecule has 1 saturated heterocycles. The minimum absolute atomic E-state index is 0.360. The monoisotopic (exact) mass is 499 g/mol. The number of nitrogens with one attached hydrogen (secondary N) is 3. The van der Waals surface area contributed by atoms with Crippen molar-refractivity contribution in [2.45, 2.75) is 19.0 Å². The molecule has 1 aromatic heterocycles. The van der Waals surface area contributed by atoms with E-state index in [4.69, 9.17) is 16.7 Å². The molecule has 3 N–H and O–H groups in total. The van der Waals surface area contributed by atoms with E-state index in [1.165, 1.54) is 0 Å². The van der Waals surface area contributed by atoms with Crippen molar-refractivity contribution in [2.24, 2.45) is 0 Å². The molecule has 1 atom stereocenters. The molecule has 5 rings (SSSR count). The van der Waals surface area contributed by atoms with E-state index in [-0.39, 0.29) is 5.91 Å². The molecule has 0 saturated carbocycles. The SMILES string of the molecule is CC1(c2cccc(NC(=O)c3cn(Cc4ccccc4)nc3-c3ccc(Cl)cc3)c2)NC(=O)NC1=O. The smallest absolute Gasteiger partial charge is 0.322 e. The standard InChI is InChI=1S/C27H22ClN5O3/c1-27(25(35)30-26(36)31-27)19-8-5-9-21(14-19)29-24(34)22-16-33(15-17-6-3-2-4-7-17)32-23(22)18-10-12-20(28)13-11-18/h2-14,16H,15H2,1H3,(H,29,34)(H2,30,31,35,36). The maximum Gasteiger partial charge on any atom is 0.322 e. The summed E-state index contributed by atoms with van der Waals surface area (Å²) < 4.78 is 1.73. The van der Waals surface area contributed by atoms with Crippen LogP contribution >= 0.6 is 11.6 Å². The van der Waals surface area contributed by atoms with E-state index in [0.717, 1.165) is 11.1 Å². The van der Waals surface area contributed by atoms with Gasteiger partial charge in [-0.15, -0.1) is 0 Å². The van der Waals surface area contributed by atoms with Gasteiger partial charge in [-0.3, -0.25) is 19.6 Å². The van der Waals surface area contributed by atoms with Crippen LogP contribution in [0.3, 0.4) is 0 Å². The van der Waals surface area contributed by atoms with Crippen LogP contribution in [0.25, 0.3) is 11.3 Å². The number of amides is 4. The topological polar surface area (TPSA) is 105 Å². The van der Waals surface area contributed by atoms with Gasteiger partial charge in [0.05, 0.1) is 12.1 Å². The Kier molecular flexibility index (Phi) is 6.03. The van der Waals surface area contributed by atoms with Crippen LogP contribution in [0.2, 0.25) is 5.02 Å². The van der Waals surface area contributed by atoms with Gasteiger partial charge >= 0.3 is 6.03 Å². The first-order valence-corrected chi connectivity index (χ1v) is 11.6. The highest BCUT2D eigenvalue weighted by Crippen LogP contribution is 2.28. The van der Waals surface area contributed by atoms with Crippen LogP contribution in [-0.4, -0.2) is 27.6 Å². The Morgan fingerprint density at radius 2 is 1.78 bits per heavy atom. The summed E-state index contributed by atoms with van der Waals surface area (Å²) >= 11 is 6.06. The normalized spacial score (nSPS) is 16.9. The molecule has 0 bridgehead atoms. The van der Waals surface area contributed by atoms with Gasteiger partial charge in [0.25, 0.3) is 11.8 Å².